The smallest absolute Gasteiger partial charge is 0.177 e. The predicted octanol–water partition coefficient (Wildman–Crippen LogP) is 3.02. The molecule has 0 heterocycles. The molecule has 1 aromatic carbocycles. The second-order valence-corrected chi connectivity index (χ2v) is 3.74. The SMILES string of the molecule is CC(C)=NC(O)c1c(F)c(F)c(C)c(F)c1F. The average Bonchev–Trinajstić information content (AvgIpc) is 2.23. The number of benzene rings is 1. The molecule has 0 amide bonds. The highest BCUT2D eigenvalue weighted by Crippen LogP contribution is 2.28. The number of halogens is 4. The minimum absolute atomic E-state index is 0.317. The van der Waals surface area contributed by atoms with E-state index in [4.69, 9.17) is 0 Å². The van der Waals surface area contributed by atoms with Crippen LogP contribution in [0.3, 0.4) is 0 Å². The molecule has 0 bridgehead atoms. The minimum atomic E-state index is -1.97. The molecule has 0 aromatic heterocycles. The van der Waals surface area contributed by atoms with Gasteiger partial charge in [-0.3, -0.25) is 4.99 Å². The summed E-state index contributed by atoms with van der Waals surface area (Å²) in [5.41, 5.74) is -1.57. The van der Waals surface area contributed by atoms with Crippen LogP contribution in [0, 0.1) is 30.2 Å². The molecule has 17 heavy (non-hydrogen) atoms. The van der Waals surface area contributed by atoms with E-state index in [1.165, 1.54) is 13.8 Å². The Bertz CT molecular complexity index is 452. The number of nitrogens with zero attached hydrogens (tertiary/aromatic N) is 1. The van der Waals surface area contributed by atoms with Crippen molar-refractivity contribution in [2.24, 2.45) is 4.99 Å². The number of rotatable bonds is 2. The normalized spacial score (nSPS) is 12.5. The molecule has 0 aliphatic heterocycles. The Balaban J connectivity index is 3.49. The van der Waals surface area contributed by atoms with E-state index in [2.05, 4.69) is 4.99 Å². The van der Waals surface area contributed by atoms with Gasteiger partial charge in [-0.25, -0.2) is 17.6 Å². The van der Waals surface area contributed by atoms with Gasteiger partial charge in [-0.1, -0.05) is 0 Å². The third kappa shape index (κ3) is 2.46. The van der Waals surface area contributed by atoms with Gasteiger partial charge < -0.3 is 5.11 Å². The van der Waals surface area contributed by atoms with E-state index >= 15 is 0 Å². The van der Waals surface area contributed by atoms with Crippen LogP contribution in [0.4, 0.5) is 17.6 Å². The Morgan fingerprint density at radius 3 is 1.76 bits per heavy atom. The Morgan fingerprint density at radius 1 is 1.00 bits per heavy atom. The Labute approximate surface area is 95.6 Å². The van der Waals surface area contributed by atoms with Gasteiger partial charge in [-0.2, -0.15) is 0 Å². The number of hydrogen-bond donors (Lipinski definition) is 1. The topological polar surface area (TPSA) is 32.6 Å². The molecule has 6 heteroatoms. The Kier molecular flexibility index (Phi) is 3.87. The van der Waals surface area contributed by atoms with Gasteiger partial charge in [0.25, 0.3) is 0 Å². The summed E-state index contributed by atoms with van der Waals surface area (Å²) in [5, 5.41) is 9.39. The second kappa shape index (κ2) is 4.83. The van der Waals surface area contributed by atoms with Gasteiger partial charge in [-0.15, -0.1) is 0 Å². The van der Waals surface area contributed by atoms with Crippen molar-refractivity contribution < 1.29 is 22.7 Å². The summed E-state index contributed by atoms with van der Waals surface area (Å²) in [4.78, 5) is 3.44. The van der Waals surface area contributed by atoms with Crippen LogP contribution in [-0.4, -0.2) is 10.8 Å². The molecule has 0 saturated heterocycles. The molecule has 1 rings (SSSR count). The molecule has 0 aliphatic rings. The van der Waals surface area contributed by atoms with Gasteiger partial charge in [-0.05, 0) is 20.8 Å². The number of hydrogen-bond acceptors (Lipinski definition) is 2. The van der Waals surface area contributed by atoms with E-state index in [1.807, 2.05) is 0 Å². The third-order valence-electron chi connectivity index (χ3n) is 2.16. The lowest BCUT2D eigenvalue weighted by molar-refractivity contribution is 0.174. The number of aliphatic hydroxyl groups excluding tert-OH is 1. The molecule has 1 unspecified atom stereocenters. The van der Waals surface area contributed by atoms with E-state index in [-0.39, 0.29) is 0 Å². The van der Waals surface area contributed by atoms with Gasteiger partial charge in [0, 0.05) is 11.3 Å². The molecule has 0 spiro atoms. The fourth-order valence-electron chi connectivity index (χ4n) is 1.29. The lowest BCUT2D eigenvalue weighted by atomic mass is 10.1. The van der Waals surface area contributed by atoms with Crippen LogP contribution in [0.25, 0.3) is 0 Å². The van der Waals surface area contributed by atoms with Crippen LogP contribution in [0.2, 0.25) is 0 Å². The van der Waals surface area contributed by atoms with Crippen molar-refractivity contribution in [3.8, 4) is 0 Å². The van der Waals surface area contributed by atoms with Gasteiger partial charge in [0.05, 0.1) is 5.56 Å². The van der Waals surface area contributed by atoms with Crippen molar-refractivity contribution >= 4 is 5.71 Å². The van der Waals surface area contributed by atoms with Crippen molar-refractivity contribution in [2.75, 3.05) is 0 Å². The van der Waals surface area contributed by atoms with Crippen LogP contribution >= 0.6 is 0 Å². The Morgan fingerprint density at radius 2 is 1.41 bits per heavy atom. The van der Waals surface area contributed by atoms with Crippen LogP contribution in [0.15, 0.2) is 4.99 Å². The standard InChI is InChI=1S/C11H11F4NO/c1-4(2)16-11(17)6-9(14)7(12)5(3)8(13)10(6)15/h11,17H,1-3H3. The van der Waals surface area contributed by atoms with Gasteiger partial charge in [0.2, 0.25) is 0 Å². The monoisotopic (exact) mass is 249 g/mol. The van der Waals surface area contributed by atoms with Crippen molar-refractivity contribution in [1.82, 2.24) is 0 Å². The summed E-state index contributed by atoms with van der Waals surface area (Å²) in [6.45, 7) is 3.85. The zero-order chi connectivity index (χ0) is 13.3. The highest BCUT2D eigenvalue weighted by atomic mass is 19.2. The molecule has 1 atom stereocenters. The molecular weight excluding hydrogens is 238 g/mol. The van der Waals surface area contributed by atoms with Gasteiger partial charge in [0.1, 0.15) is 0 Å². The maximum Gasteiger partial charge on any atom is 0.177 e. The van der Waals surface area contributed by atoms with E-state index in [0.29, 0.717) is 5.71 Å². The number of aliphatic imine (C=N–C) groups is 1. The quantitative estimate of drug-likeness (QED) is 0.487. The first-order valence-electron chi connectivity index (χ1n) is 4.78. The minimum Gasteiger partial charge on any atom is -0.368 e. The van der Waals surface area contributed by atoms with E-state index < -0.39 is 40.6 Å². The first-order chi connectivity index (χ1) is 7.77. The summed E-state index contributed by atoms with van der Waals surface area (Å²) >= 11 is 0. The summed E-state index contributed by atoms with van der Waals surface area (Å²) in [5.74, 6) is -6.30. The highest BCUT2D eigenvalue weighted by Gasteiger charge is 2.27. The zero-order valence-electron chi connectivity index (χ0n) is 9.48. The van der Waals surface area contributed by atoms with Crippen LogP contribution < -0.4 is 0 Å². The second-order valence-electron chi connectivity index (χ2n) is 3.74. The lowest BCUT2D eigenvalue weighted by Gasteiger charge is -2.12. The molecule has 0 aliphatic carbocycles. The molecule has 0 fully saturated rings. The van der Waals surface area contributed by atoms with E-state index in [0.717, 1.165) is 6.92 Å². The summed E-state index contributed by atoms with van der Waals surface area (Å²) < 4.78 is 53.2. The first kappa shape index (κ1) is 13.6. The molecule has 0 radical (unpaired) electrons. The fraction of sp³-hybridized carbons (Fsp3) is 0.364. The summed E-state index contributed by atoms with van der Waals surface area (Å²) in [6, 6.07) is 0. The van der Waals surface area contributed by atoms with Crippen molar-refractivity contribution in [1.29, 1.82) is 0 Å². The summed E-state index contributed by atoms with van der Waals surface area (Å²) in [6.07, 6.45) is -1.97. The molecule has 2 nitrogen and oxygen atoms in total. The molecular formula is C11H11F4NO. The average molecular weight is 249 g/mol. The number of aliphatic hydroxyl groups is 1. The maximum atomic E-state index is 13.4. The summed E-state index contributed by atoms with van der Waals surface area (Å²) in [7, 11) is 0. The van der Waals surface area contributed by atoms with Crippen LogP contribution in [-0.2, 0) is 0 Å². The lowest BCUT2D eigenvalue weighted by Crippen LogP contribution is -2.10. The molecule has 0 saturated carbocycles. The van der Waals surface area contributed by atoms with E-state index in [1.54, 1.807) is 0 Å². The largest absolute Gasteiger partial charge is 0.368 e. The van der Waals surface area contributed by atoms with E-state index in [9.17, 15) is 22.7 Å². The maximum absolute atomic E-state index is 13.4. The van der Waals surface area contributed by atoms with Gasteiger partial charge in [0.15, 0.2) is 29.5 Å². The molecule has 94 valence electrons. The fourth-order valence-corrected chi connectivity index (χ4v) is 1.29. The third-order valence-corrected chi connectivity index (χ3v) is 2.16. The zero-order valence-corrected chi connectivity index (χ0v) is 9.48. The van der Waals surface area contributed by atoms with Crippen molar-refractivity contribution in [3.05, 3.63) is 34.4 Å². The highest BCUT2D eigenvalue weighted by molar-refractivity contribution is 5.79. The van der Waals surface area contributed by atoms with Gasteiger partial charge >= 0.3 is 0 Å². The molecule has 1 aromatic rings. The van der Waals surface area contributed by atoms with Crippen LogP contribution in [0.1, 0.15) is 31.2 Å². The molecule has 1 N–H and O–H groups in total. The van der Waals surface area contributed by atoms with Crippen molar-refractivity contribution in [2.45, 2.75) is 27.0 Å². The van der Waals surface area contributed by atoms with Crippen LogP contribution in [0.5, 0.6) is 0 Å². The van der Waals surface area contributed by atoms with Crippen molar-refractivity contribution in [3.63, 3.8) is 0 Å². The Hall–Kier alpha value is -1.43. The first-order valence-corrected chi connectivity index (χ1v) is 4.78. The predicted molar refractivity (Wildman–Crippen MR) is 54.8 cm³/mol.